The Morgan fingerprint density at radius 2 is 1.76 bits per heavy atom. The van der Waals surface area contributed by atoms with Crippen LogP contribution in [0, 0.1) is 0 Å². The molecule has 0 spiro atoms. The Balaban J connectivity index is 1.77. The van der Waals surface area contributed by atoms with Gasteiger partial charge in [0.25, 0.3) is 0 Å². The van der Waals surface area contributed by atoms with Crippen LogP contribution in [0.4, 0.5) is 5.69 Å². The zero-order valence-electron chi connectivity index (χ0n) is 14.3. The number of thiocarbonyl (C=S) groups is 1. The number of rotatable bonds is 1. The molecule has 0 aliphatic rings. The van der Waals surface area contributed by atoms with Crippen LogP contribution in [0.1, 0.15) is 20.8 Å². The van der Waals surface area contributed by atoms with Crippen molar-refractivity contribution in [1.82, 2.24) is 15.3 Å². The van der Waals surface area contributed by atoms with E-state index < -0.39 is 0 Å². The van der Waals surface area contributed by atoms with E-state index in [0.717, 1.165) is 32.5 Å². The van der Waals surface area contributed by atoms with Crippen molar-refractivity contribution in [3.8, 4) is 0 Å². The van der Waals surface area contributed by atoms with Crippen LogP contribution in [0.3, 0.4) is 0 Å². The summed E-state index contributed by atoms with van der Waals surface area (Å²) in [6, 6.07) is 14.2. The minimum atomic E-state index is -0.0757. The van der Waals surface area contributed by atoms with Crippen molar-refractivity contribution in [2.24, 2.45) is 0 Å². The maximum atomic E-state index is 5.40. The molecule has 6 heteroatoms. The summed E-state index contributed by atoms with van der Waals surface area (Å²) in [5, 5.41) is 8.24. The standard InChI is InChI=1S/C19H18N4S2/c1-19(2,3)23-18(24)20-11-8-9-15-12(10-11)16-17(25-15)22-14-7-5-4-6-13(14)21-16/h4-10H,1-3H3,(H2,20,23,24). The summed E-state index contributed by atoms with van der Waals surface area (Å²) < 4.78 is 1.17. The molecule has 4 aromatic rings. The lowest BCUT2D eigenvalue weighted by Gasteiger charge is -2.23. The topological polar surface area (TPSA) is 49.8 Å². The second-order valence-electron chi connectivity index (χ2n) is 7.01. The van der Waals surface area contributed by atoms with Crippen molar-refractivity contribution < 1.29 is 0 Å². The average Bonchev–Trinajstić information content (AvgIpc) is 2.88. The molecule has 0 saturated carbocycles. The fraction of sp³-hybridized carbons (Fsp3) is 0.211. The lowest BCUT2D eigenvalue weighted by atomic mass is 10.1. The molecule has 4 rings (SSSR count). The smallest absolute Gasteiger partial charge is 0.171 e. The predicted octanol–water partition coefficient (Wildman–Crippen LogP) is 5.08. The van der Waals surface area contributed by atoms with Gasteiger partial charge in [0.05, 0.1) is 11.0 Å². The van der Waals surface area contributed by atoms with E-state index in [1.807, 2.05) is 30.3 Å². The fourth-order valence-electron chi connectivity index (χ4n) is 2.72. The number of nitrogens with one attached hydrogen (secondary N) is 2. The van der Waals surface area contributed by atoms with Gasteiger partial charge < -0.3 is 10.6 Å². The molecule has 2 aromatic heterocycles. The Labute approximate surface area is 155 Å². The SMILES string of the molecule is CC(C)(C)NC(=S)Nc1ccc2sc3nc4ccccc4nc3c2c1. The Morgan fingerprint density at radius 3 is 2.48 bits per heavy atom. The highest BCUT2D eigenvalue weighted by atomic mass is 32.1. The lowest BCUT2D eigenvalue weighted by molar-refractivity contribution is 0.515. The van der Waals surface area contributed by atoms with Crippen molar-refractivity contribution in [2.45, 2.75) is 26.3 Å². The number of aromatic nitrogens is 2. The molecule has 0 bridgehead atoms. The minimum absolute atomic E-state index is 0.0757. The number of nitrogens with zero attached hydrogens (tertiary/aromatic N) is 2. The number of thiophene rings is 1. The zero-order valence-corrected chi connectivity index (χ0v) is 15.9. The van der Waals surface area contributed by atoms with E-state index in [-0.39, 0.29) is 5.54 Å². The number of benzene rings is 2. The Morgan fingerprint density at radius 1 is 1.04 bits per heavy atom. The summed E-state index contributed by atoms with van der Waals surface area (Å²) in [6.45, 7) is 6.24. The highest BCUT2D eigenvalue weighted by Crippen LogP contribution is 2.34. The van der Waals surface area contributed by atoms with Crippen LogP contribution in [0.5, 0.6) is 0 Å². The van der Waals surface area contributed by atoms with Gasteiger partial charge in [0.15, 0.2) is 5.11 Å². The number of para-hydroxylation sites is 2. The summed E-state index contributed by atoms with van der Waals surface area (Å²) in [5.74, 6) is 0. The van der Waals surface area contributed by atoms with E-state index in [1.165, 1.54) is 4.70 Å². The molecular formula is C19H18N4S2. The largest absolute Gasteiger partial charge is 0.358 e. The van der Waals surface area contributed by atoms with Gasteiger partial charge in [-0.15, -0.1) is 11.3 Å². The quantitative estimate of drug-likeness (QED) is 0.460. The molecule has 0 atom stereocenters. The first-order valence-electron chi connectivity index (χ1n) is 8.07. The molecule has 2 heterocycles. The average molecular weight is 367 g/mol. The van der Waals surface area contributed by atoms with Crippen LogP contribution in [0.2, 0.25) is 0 Å². The third kappa shape index (κ3) is 3.27. The van der Waals surface area contributed by atoms with Gasteiger partial charge in [0.2, 0.25) is 0 Å². The fourth-order valence-corrected chi connectivity index (χ4v) is 4.15. The molecule has 25 heavy (non-hydrogen) atoms. The molecule has 2 aromatic carbocycles. The number of hydrogen-bond donors (Lipinski definition) is 2. The Kier molecular flexibility index (Phi) is 3.81. The minimum Gasteiger partial charge on any atom is -0.358 e. The first kappa shape index (κ1) is 16.2. The molecule has 0 aliphatic heterocycles. The molecule has 4 nitrogen and oxygen atoms in total. The normalized spacial score (nSPS) is 12.0. The second-order valence-corrected chi connectivity index (χ2v) is 8.45. The van der Waals surface area contributed by atoms with Crippen LogP contribution in [-0.2, 0) is 0 Å². The predicted molar refractivity (Wildman–Crippen MR) is 112 cm³/mol. The number of hydrogen-bond acceptors (Lipinski definition) is 4. The van der Waals surface area contributed by atoms with Gasteiger partial charge in [0, 0.05) is 21.3 Å². The summed E-state index contributed by atoms with van der Waals surface area (Å²) in [6.07, 6.45) is 0. The van der Waals surface area contributed by atoms with Gasteiger partial charge >= 0.3 is 0 Å². The molecule has 0 amide bonds. The van der Waals surface area contributed by atoms with E-state index in [4.69, 9.17) is 22.2 Å². The van der Waals surface area contributed by atoms with Gasteiger partial charge in [-0.3, -0.25) is 0 Å². The Bertz CT molecular complexity index is 1110. The van der Waals surface area contributed by atoms with Crippen molar-refractivity contribution in [1.29, 1.82) is 0 Å². The van der Waals surface area contributed by atoms with Crippen LogP contribution < -0.4 is 10.6 Å². The van der Waals surface area contributed by atoms with E-state index in [9.17, 15) is 0 Å². The number of anilines is 1. The van der Waals surface area contributed by atoms with Crippen molar-refractivity contribution in [3.05, 3.63) is 42.5 Å². The third-order valence-electron chi connectivity index (χ3n) is 3.73. The molecule has 0 radical (unpaired) electrons. The maximum Gasteiger partial charge on any atom is 0.171 e. The van der Waals surface area contributed by atoms with Crippen molar-refractivity contribution in [2.75, 3.05) is 5.32 Å². The van der Waals surface area contributed by atoms with Gasteiger partial charge in [-0.2, -0.15) is 0 Å². The van der Waals surface area contributed by atoms with E-state index >= 15 is 0 Å². The molecule has 0 fully saturated rings. The molecule has 2 N–H and O–H groups in total. The molecule has 0 aliphatic carbocycles. The van der Waals surface area contributed by atoms with E-state index in [0.29, 0.717) is 5.11 Å². The van der Waals surface area contributed by atoms with Crippen LogP contribution in [0.15, 0.2) is 42.5 Å². The molecule has 0 unspecified atom stereocenters. The first-order chi connectivity index (χ1) is 11.9. The monoisotopic (exact) mass is 366 g/mol. The summed E-state index contributed by atoms with van der Waals surface area (Å²) in [4.78, 5) is 10.5. The zero-order chi connectivity index (χ0) is 17.6. The molecule has 126 valence electrons. The first-order valence-corrected chi connectivity index (χ1v) is 9.30. The van der Waals surface area contributed by atoms with Gasteiger partial charge in [-0.05, 0) is 63.3 Å². The molecular weight excluding hydrogens is 348 g/mol. The molecule has 0 saturated heterocycles. The van der Waals surface area contributed by atoms with Crippen molar-refractivity contribution in [3.63, 3.8) is 0 Å². The summed E-state index contributed by atoms with van der Waals surface area (Å²) >= 11 is 7.06. The van der Waals surface area contributed by atoms with Crippen LogP contribution in [0.25, 0.3) is 31.5 Å². The summed E-state index contributed by atoms with van der Waals surface area (Å²) in [7, 11) is 0. The highest BCUT2D eigenvalue weighted by Gasteiger charge is 2.13. The van der Waals surface area contributed by atoms with Crippen LogP contribution >= 0.6 is 23.6 Å². The maximum absolute atomic E-state index is 5.40. The van der Waals surface area contributed by atoms with Crippen molar-refractivity contribution >= 4 is 65.8 Å². The Hall–Kier alpha value is -2.31. The van der Waals surface area contributed by atoms with E-state index in [2.05, 4.69) is 43.5 Å². The van der Waals surface area contributed by atoms with E-state index in [1.54, 1.807) is 11.3 Å². The number of fused-ring (bicyclic) bond motifs is 4. The highest BCUT2D eigenvalue weighted by molar-refractivity contribution is 7.80. The summed E-state index contributed by atoms with van der Waals surface area (Å²) in [5.41, 5.74) is 3.66. The third-order valence-corrected chi connectivity index (χ3v) is 4.98. The lowest BCUT2D eigenvalue weighted by Crippen LogP contribution is -2.42. The second kappa shape index (κ2) is 5.89. The van der Waals surface area contributed by atoms with Gasteiger partial charge in [-0.25, -0.2) is 9.97 Å². The van der Waals surface area contributed by atoms with Gasteiger partial charge in [-0.1, -0.05) is 12.1 Å². The van der Waals surface area contributed by atoms with Gasteiger partial charge in [0.1, 0.15) is 10.3 Å². The van der Waals surface area contributed by atoms with Crippen LogP contribution in [-0.4, -0.2) is 20.6 Å².